The maximum absolute atomic E-state index is 13.7. The fourth-order valence-electron chi connectivity index (χ4n) is 3.96. The van der Waals surface area contributed by atoms with E-state index in [1.54, 1.807) is 51.1 Å². The molecule has 2 N–H and O–H groups in total. The smallest absolute Gasteiger partial charge is 0.416 e. The second kappa shape index (κ2) is 10.6. The highest BCUT2D eigenvalue weighted by Gasteiger charge is 2.31. The van der Waals surface area contributed by atoms with Gasteiger partial charge in [-0.1, -0.05) is 60.7 Å². The Morgan fingerprint density at radius 1 is 0.763 bits per heavy atom. The van der Waals surface area contributed by atoms with Crippen molar-refractivity contribution in [1.82, 2.24) is 0 Å². The number of hydrogen-bond acceptors (Lipinski definition) is 4. The van der Waals surface area contributed by atoms with Crippen LogP contribution >= 0.6 is 0 Å². The first-order valence-electron chi connectivity index (χ1n) is 12.0. The van der Waals surface area contributed by atoms with Crippen LogP contribution in [0.4, 0.5) is 29.3 Å². The Morgan fingerprint density at radius 3 is 2.00 bits per heavy atom. The number of hydrogen-bond donors (Lipinski definition) is 2. The zero-order chi connectivity index (χ0) is 27.5. The molecular formula is C30H27F3N2O3. The maximum atomic E-state index is 13.7. The summed E-state index contributed by atoms with van der Waals surface area (Å²) in [4.78, 5) is 26.1. The van der Waals surface area contributed by atoms with Gasteiger partial charge in [-0.2, -0.15) is 13.2 Å². The first-order chi connectivity index (χ1) is 17.9. The molecule has 1 unspecified atom stereocenters. The van der Waals surface area contributed by atoms with Gasteiger partial charge in [0.25, 0.3) is 0 Å². The van der Waals surface area contributed by atoms with Crippen LogP contribution in [0.1, 0.15) is 48.3 Å². The van der Waals surface area contributed by atoms with Crippen molar-refractivity contribution in [2.45, 2.75) is 38.6 Å². The number of ether oxygens (including phenoxy) is 1. The predicted octanol–water partition coefficient (Wildman–Crippen LogP) is 8.24. The first-order valence-corrected chi connectivity index (χ1v) is 12.0. The number of amides is 1. The number of para-hydroxylation sites is 2. The highest BCUT2D eigenvalue weighted by molar-refractivity contribution is 6.03. The molecule has 5 nitrogen and oxygen atoms in total. The molecular weight excluding hydrogens is 493 g/mol. The van der Waals surface area contributed by atoms with Crippen molar-refractivity contribution in [3.8, 4) is 0 Å². The average molecular weight is 521 g/mol. The average Bonchev–Trinajstić information content (AvgIpc) is 2.86. The molecule has 4 rings (SSSR count). The molecule has 0 saturated heterocycles. The summed E-state index contributed by atoms with van der Waals surface area (Å²) in [5.41, 5.74) is 0.00107. The van der Waals surface area contributed by atoms with Crippen LogP contribution in [0.25, 0.3) is 10.8 Å². The minimum atomic E-state index is -4.51. The van der Waals surface area contributed by atoms with Crippen LogP contribution in [0.15, 0.2) is 91.0 Å². The Bertz CT molecular complexity index is 1460. The lowest BCUT2D eigenvalue weighted by Gasteiger charge is -2.23. The van der Waals surface area contributed by atoms with E-state index in [-0.39, 0.29) is 5.56 Å². The summed E-state index contributed by atoms with van der Waals surface area (Å²) < 4.78 is 44.6. The molecule has 4 aromatic rings. The number of benzene rings is 4. The number of halogens is 3. The van der Waals surface area contributed by atoms with Crippen LogP contribution in [0.3, 0.4) is 0 Å². The largest absolute Gasteiger partial charge is 0.444 e. The number of rotatable bonds is 6. The van der Waals surface area contributed by atoms with E-state index in [2.05, 4.69) is 10.6 Å². The highest BCUT2D eigenvalue weighted by atomic mass is 19.4. The van der Waals surface area contributed by atoms with Gasteiger partial charge < -0.3 is 10.1 Å². The molecule has 0 aromatic heterocycles. The van der Waals surface area contributed by atoms with E-state index in [1.165, 1.54) is 12.1 Å². The third kappa shape index (κ3) is 6.51. The molecule has 0 bridgehead atoms. The van der Waals surface area contributed by atoms with Crippen molar-refractivity contribution in [1.29, 1.82) is 0 Å². The van der Waals surface area contributed by atoms with Crippen molar-refractivity contribution in [2.24, 2.45) is 0 Å². The Balaban J connectivity index is 1.72. The van der Waals surface area contributed by atoms with Gasteiger partial charge in [-0.25, -0.2) is 4.79 Å². The van der Waals surface area contributed by atoms with E-state index in [4.69, 9.17) is 4.74 Å². The highest BCUT2D eigenvalue weighted by Crippen LogP contribution is 2.33. The van der Waals surface area contributed by atoms with E-state index in [0.717, 1.165) is 22.9 Å². The Hall–Kier alpha value is -4.33. The minimum Gasteiger partial charge on any atom is -0.444 e. The van der Waals surface area contributed by atoms with Gasteiger partial charge in [0.1, 0.15) is 11.6 Å². The molecule has 0 saturated carbocycles. The molecule has 8 heteroatoms. The third-order valence-electron chi connectivity index (χ3n) is 5.73. The summed E-state index contributed by atoms with van der Waals surface area (Å²) in [5.74, 6) is -0.430. The lowest BCUT2D eigenvalue weighted by atomic mass is 9.94. The van der Waals surface area contributed by atoms with Crippen LogP contribution in [-0.2, 0) is 10.9 Å². The number of Topliss-reactive ketones (excluding diaryl/α,β-unsaturated/α-hetero) is 1. The van der Waals surface area contributed by atoms with E-state index < -0.39 is 35.3 Å². The summed E-state index contributed by atoms with van der Waals surface area (Å²) in [7, 11) is 0. The fraction of sp³-hybridized carbons (Fsp3) is 0.200. The summed E-state index contributed by atoms with van der Waals surface area (Å²) >= 11 is 0. The molecule has 0 aliphatic rings. The summed E-state index contributed by atoms with van der Waals surface area (Å²) in [5, 5.41) is 7.77. The van der Waals surface area contributed by atoms with Crippen molar-refractivity contribution in [3.05, 3.63) is 108 Å². The van der Waals surface area contributed by atoms with Gasteiger partial charge in [-0.15, -0.1) is 0 Å². The quantitative estimate of drug-likeness (QED) is 0.251. The van der Waals surface area contributed by atoms with Crippen molar-refractivity contribution in [2.75, 3.05) is 10.6 Å². The van der Waals surface area contributed by atoms with Crippen LogP contribution < -0.4 is 10.6 Å². The Kier molecular flexibility index (Phi) is 7.44. The molecule has 196 valence electrons. The van der Waals surface area contributed by atoms with Crippen LogP contribution in [0, 0.1) is 0 Å². The number of alkyl halides is 3. The first kappa shape index (κ1) is 26.7. The topological polar surface area (TPSA) is 67.4 Å². The molecule has 0 aliphatic carbocycles. The van der Waals surface area contributed by atoms with Gasteiger partial charge in [-0.3, -0.25) is 10.1 Å². The zero-order valence-corrected chi connectivity index (χ0v) is 21.1. The SMILES string of the molecule is CC(C)(C)OC(=O)Nc1ccccc1NC(C(=O)c1ccc(C(F)(F)F)cc1)c1ccc2ccccc2c1. The van der Waals surface area contributed by atoms with Gasteiger partial charge in [0.15, 0.2) is 5.78 Å². The Labute approximate surface area is 218 Å². The zero-order valence-electron chi connectivity index (χ0n) is 21.1. The van der Waals surface area contributed by atoms with E-state index >= 15 is 0 Å². The standard InChI is InChI=1S/C30H27F3N2O3/c1-29(2,3)38-28(37)35-25-11-7-6-10-24(25)34-26(22-13-12-19-8-4-5-9-21(19)18-22)27(36)20-14-16-23(17-15-20)30(31,32)33/h4-18,26,34H,1-3H3,(H,35,37). The number of ketones is 1. The third-order valence-corrected chi connectivity index (χ3v) is 5.73. The monoisotopic (exact) mass is 520 g/mol. The minimum absolute atomic E-state index is 0.112. The Morgan fingerprint density at radius 2 is 1.37 bits per heavy atom. The number of fused-ring (bicyclic) bond motifs is 1. The molecule has 38 heavy (non-hydrogen) atoms. The maximum Gasteiger partial charge on any atom is 0.416 e. The second-order valence-corrected chi connectivity index (χ2v) is 9.80. The van der Waals surface area contributed by atoms with Crippen LogP contribution in [0.2, 0.25) is 0 Å². The molecule has 1 amide bonds. The molecule has 0 radical (unpaired) electrons. The van der Waals surface area contributed by atoms with Crippen LogP contribution in [0.5, 0.6) is 0 Å². The molecule has 0 fully saturated rings. The molecule has 0 heterocycles. The van der Waals surface area contributed by atoms with E-state index in [0.29, 0.717) is 16.9 Å². The van der Waals surface area contributed by atoms with E-state index in [9.17, 15) is 22.8 Å². The lowest BCUT2D eigenvalue weighted by Crippen LogP contribution is -2.28. The molecule has 4 aromatic carbocycles. The van der Waals surface area contributed by atoms with Gasteiger partial charge in [0.2, 0.25) is 0 Å². The molecule has 1 atom stereocenters. The lowest BCUT2D eigenvalue weighted by molar-refractivity contribution is -0.137. The van der Waals surface area contributed by atoms with Gasteiger partial charge >= 0.3 is 12.3 Å². The number of nitrogens with one attached hydrogen (secondary N) is 2. The van der Waals surface area contributed by atoms with Gasteiger partial charge in [0, 0.05) is 5.56 Å². The summed E-state index contributed by atoms with van der Waals surface area (Å²) in [6.07, 6.45) is -5.17. The normalized spacial score (nSPS) is 12.6. The van der Waals surface area contributed by atoms with Crippen molar-refractivity contribution < 1.29 is 27.5 Å². The number of carbonyl (C=O) groups excluding carboxylic acids is 2. The summed E-state index contributed by atoms with van der Waals surface area (Å²) in [6, 6.07) is 23.2. The number of carbonyl (C=O) groups is 2. The van der Waals surface area contributed by atoms with Gasteiger partial charge in [-0.05, 0) is 67.4 Å². The van der Waals surface area contributed by atoms with E-state index in [1.807, 2.05) is 36.4 Å². The predicted molar refractivity (Wildman–Crippen MR) is 142 cm³/mol. The molecule has 0 spiro atoms. The van der Waals surface area contributed by atoms with Crippen molar-refractivity contribution in [3.63, 3.8) is 0 Å². The fourth-order valence-corrected chi connectivity index (χ4v) is 3.96. The van der Waals surface area contributed by atoms with Crippen molar-refractivity contribution >= 4 is 34.0 Å². The second-order valence-electron chi connectivity index (χ2n) is 9.80. The van der Waals surface area contributed by atoms with Gasteiger partial charge in [0.05, 0.1) is 16.9 Å². The number of anilines is 2. The molecule has 0 aliphatic heterocycles. The summed E-state index contributed by atoms with van der Waals surface area (Å²) in [6.45, 7) is 5.24. The van der Waals surface area contributed by atoms with Crippen LogP contribution in [-0.4, -0.2) is 17.5 Å².